The summed E-state index contributed by atoms with van der Waals surface area (Å²) in [6.07, 6.45) is 1.74. The Morgan fingerprint density at radius 2 is 2.27 bits per heavy atom. The van der Waals surface area contributed by atoms with Gasteiger partial charge in [-0.25, -0.2) is 4.98 Å². The van der Waals surface area contributed by atoms with E-state index in [2.05, 4.69) is 15.6 Å². The molecule has 2 N–H and O–H groups in total. The average molecular weight is 227 g/mol. The van der Waals surface area contributed by atoms with Gasteiger partial charge in [-0.15, -0.1) is 11.3 Å². The molecule has 0 saturated carbocycles. The predicted octanol–water partition coefficient (Wildman–Crippen LogP) is 1.32. The number of likely N-dealkylation sites (N-methyl/N-ethyl adjacent to an activating group) is 1. The van der Waals surface area contributed by atoms with E-state index in [0.717, 1.165) is 5.01 Å². The normalized spacial score (nSPS) is 13.6. The van der Waals surface area contributed by atoms with E-state index in [1.807, 2.05) is 26.2 Å². The minimum absolute atomic E-state index is 0.0206. The second-order valence-electron chi connectivity index (χ2n) is 3.94. The largest absolute Gasteiger partial charge is 0.346 e. The van der Waals surface area contributed by atoms with Crippen LogP contribution in [0.3, 0.4) is 0 Å². The summed E-state index contributed by atoms with van der Waals surface area (Å²) in [6.45, 7) is 5.62. The maximum Gasteiger partial charge on any atom is 0.240 e. The van der Waals surface area contributed by atoms with Gasteiger partial charge in [0, 0.05) is 11.6 Å². The molecular formula is C10H17N3OS. The predicted molar refractivity (Wildman–Crippen MR) is 61.8 cm³/mol. The van der Waals surface area contributed by atoms with Crippen molar-refractivity contribution in [2.24, 2.45) is 0 Å². The van der Waals surface area contributed by atoms with Gasteiger partial charge >= 0.3 is 0 Å². The van der Waals surface area contributed by atoms with Crippen LogP contribution in [-0.2, 0) is 4.79 Å². The molecule has 1 heterocycles. The van der Waals surface area contributed by atoms with Crippen LogP contribution in [-0.4, -0.2) is 23.5 Å². The van der Waals surface area contributed by atoms with Crippen molar-refractivity contribution in [2.75, 3.05) is 7.05 Å². The Morgan fingerprint density at radius 1 is 1.60 bits per heavy atom. The van der Waals surface area contributed by atoms with E-state index < -0.39 is 5.54 Å². The summed E-state index contributed by atoms with van der Waals surface area (Å²) in [4.78, 5) is 16.0. The van der Waals surface area contributed by atoms with E-state index >= 15 is 0 Å². The van der Waals surface area contributed by atoms with E-state index in [0.29, 0.717) is 0 Å². The molecule has 0 spiro atoms. The Hall–Kier alpha value is -0.940. The van der Waals surface area contributed by atoms with E-state index in [-0.39, 0.29) is 11.9 Å². The zero-order valence-corrected chi connectivity index (χ0v) is 10.3. The van der Waals surface area contributed by atoms with E-state index in [9.17, 15) is 4.79 Å². The van der Waals surface area contributed by atoms with E-state index in [4.69, 9.17) is 0 Å². The lowest BCUT2D eigenvalue weighted by molar-refractivity contribution is -0.126. The van der Waals surface area contributed by atoms with Gasteiger partial charge in [-0.1, -0.05) is 0 Å². The molecule has 1 aromatic rings. The van der Waals surface area contributed by atoms with Crippen molar-refractivity contribution >= 4 is 17.2 Å². The Balaban J connectivity index is 2.60. The fourth-order valence-corrected chi connectivity index (χ4v) is 1.65. The van der Waals surface area contributed by atoms with Gasteiger partial charge in [0.25, 0.3) is 0 Å². The minimum Gasteiger partial charge on any atom is -0.346 e. The first-order valence-electron chi connectivity index (χ1n) is 4.86. The van der Waals surface area contributed by atoms with Gasteiger partial charge in [0.2, 0.25) is 5.91 Å². The SMILES string of the molecule is CNC(C)(C)C(=O)NC(C)c1nccs1. The highest BCUT2D eigenvalue weighted by atomic mass is 32.1. The van der Waals surface area contributed by atoms with Gasteiger partial charge in [-0.05, 0) is 27.8 Å². The Kier molecular flexibility index (Phi) is 3.82. The van der Waals surface area contributed by atoms with Crippen LogP contribution in [0.4, 0.5) is 0 Å². The number of carbonyl (C=O) groups excluding carboxylic acids is 1. The summed E-state index contributed by atoms with van der Waals surface area (Å²) in [5.74, 6) is -0.0206. The van der Waals surface area contributed by atoms with Gasteiger partial charge in [0.15, 0.2) is 0 Å². The smallest absolute Gasteiger partial charge is 0.240 e. The first-order chi connectivity index (χ1) is 6.97. The second-order valence-corrected chi connectivity index (χ2v) is 4.87. The van der Waals surface area contributed by atoms with Crippen LogP contribution < -0.4 is 10.6 Å². The number of nitrogens with one attached hydrogen (secondary N) is 2. The second kappa shape index (κ2) is 4.72. The van der Waals surface area contributed by atoms with Crippen LogP contribution in [0.5, 0.6) is 0 Å². The summed E-state index contributed by atoms with van der Waals surface area (Å²) in [5, 5.41) is 8.71. The monoisotopic (exact) mass is 227 g/mol. The van der Waals surface area contributed by atoms with Crippen molar-refractivity contribution < 1.29 is 4.79 Å². The lowest BCUT2D eigenvalue weighted by Crippen LogP contribution is -2.51. The van der Waals surface area contributed by atoms with Gasteiger partial charge in [-0.2, -0.15) is 0 Å². The number of hydrogen-bond donors (Lipinski definition) is 2. The van der Waals surface area contributed by atoms with Crippen LogP contribution in [0.25, 0.3) is 0 Å². The number of amides is 1. The third-order valence-corrected chi connectivity index (χ3v) is 3.32. The quantitative estimate of drug-likeness (QED) is 0.815. The third-order valence-electron chi connectivity index (χ3n) is 2.36. The molecular weight excluding hydrogens is 210 g/mol. The molecule has 4 nitrogen and oxygen atoms in total. The molecule has 1 aromatic heterocycles. The Bertz CT molecular complexity index is 321. The van der Waals surface area contributed by atoms with Gasteiger partial charge in [0.05, 0.1) is 11.6 Å². The van der Waals surface area contributed by atoms with Gasteiger partial charge in [-0.3, -0.25) is 4.79 Å². The number of thiazole rings is 1. The maximum absolute atomic E-state index is 11.8. The molecule has 5 heteroatoms. The third kappa shape index (κ3) is 3.00. The summed E-state index contributed by atoms with van der Waals surface area (Å²) < 4.78 is 0. The molecule has 0 fully saturated rings. The van der Waals surface area contributed by atoms with Gasteiger partial charge < -0.3 is 10.6 Å². The van der Waals surface area contributed by atoms with Crippen molar-refractivity contribution in [2.45, 2.75) is 32.4 Å². The highest BCUT2D eigenvalue weighted by Crippen LogP contribution is 2.15. The van der Waals surface area contributed by atoms with Crippen molar-refractivity contribution in [1.29, 1.82) is 0 Å². The van der Waals surface area contributed by atoms with Crippen molar-refractivity contribution in [3.8, 4) is 0 Å². The highest BCUT2D eigenvalue weighted by Gasteiger charge is 2.26. The highest BCUT2D eigenvalue weighted by molar-refractivity contribution is 7.09. The number of carbonyl (C=O) groups is 1. The summed E-state index contributed by atoms with van der Waals surface area (Å²) in [5.41, 5.74) is -0.550. The van der Waals surface area contributed by atoms with Crippen molar-refractivity contribution in [3.63, 3.8) is 0 Å². The molecule has 1 unspecified atom stereocenters. The van der Waals surface area contributed by atoms with Crippen LogP contribution in [0.15, 0.2) is 11.6 Å². The molecule has 0 radical (unpaired) electrons. The van der Waals surface area contributed by atoms with Crippen molar-refractivity contribution in [3.05, 3.63) is 16.6 Å². The molecule has 0 bridgehead atoms. The van der Waals surface area contributed by atoms with Crippen LogP contribution in [0.2, 0.25) is 0 Å². The van der Waals surface area contributed by atoms with E-state index in [1.165, 1.54) is 0 Å². The molecule has 84 valence electrons. The lowest BCUT2D eigenvalue weighted by Gasteiger charge is -2.24. The van der Waals surface area contributed by atoms with E-state index in [1.54, 1.807) is 24.6 Å². The number of nitrogens with zero attached hydrogens (tertiary/aromatic N) is 1. The first kappa shape index (κ1) is 12.1. The fraction of sp³-hybridized carbons (Fsp3) is 0.600. The van der Waals surface area contributed by atoms with Crippen LogP contribution in [0.1, 0.15) is 31.8 Å². The molecule has 15 heavy (non-hydrogen) atoms. The average Bonchev–Trinajstić information content (AvgIpc) is 2.70. The standard InChI is InChI=1S/C10H17N3OS/c1-7(8-12-5-6-15-8)13-9(14)10(2,3)11-4/h5-7,11H,1-4H3,(H,13,14). The van der Waals surface area contributed by atoms with Gasteiger partial charge in [0.1, 0.15) is 5.01 Å². The molecule has 0 aliphatic carbocycles. The van der Waals surface area contributed by atoms with Crippen LogP contribution >= 0.6 is 11.3 Å². The first-order valence-corrected chi connectivity index (χ1v) is 5.74. The fourth-order valence-electron chi connectivity index (χ4n) is 1.00. The zero-order chi connectivity index (χ0) is 11.5. The topological polar surface area (TPSA) is 54.0 Å². The molecule has 0 aromatic carbocycles. The lowest BCUT2D eigenvalue weighted by atomic mass is 10.0. The Labute approximate surface area is 94.1 Å². The molecule has 1 rings (SSSR count). The summed E-state index contributed by atoms with van der Waals surface area (Å²) in [7, 11) is 1.77. The molecule has 0 saturated heterocycles. The maximum atomic E-state index is 11.8. The minimum atomic E-state index is -0.550. The van der Waals surface area contributed by atoms with Crippen molar-refractivity contribution in [1.82, 2.24) is 15.6 Å². The van der Waals surface area contributed by atoms with Crippen LogP contribution in [0, 0.1) is 0 Å². The molecule has 1 atom stereocenters. The number of aromatic nitrogens is 1. The summed E-state index contributed by atoms with van der Waals surface area (Å²) in [6, 6.07) is -0.0369. The molecule has 1 amide bonds. The number of hydrogen-bond acceptors (Lipinski definition) is 4. The summed E-state index contributed by atoms with van der Waals surface area (Å²) >= 11 is 1.54. The zero-order valence-electron chi connectivity index (χ0n) is 9.50. The Morgan fingerprint density at radius 3 is 2.73 bits per heavy atom. The molecule has 0 aliphatic heterocycles. The number of rotatable bonds is 4. The molecule has 0 aliphatic rings.